The van der Waals surface area contributed by atoms with Crippen LogP contribution in [-0.4, -0.2) is 36.9 Å². The number of hydrogen-bond acceptors (Lipinski definition) is 4. The van der Waals surface area contributed by atoms with Crippen LogP contribution in [0, 0.1) is 5.92 Å². The fourth-order valence-corrected chi connectivity index (χ4v) is 3.49. The molecule has 0 radical (unpaired) electrons. The Morgan fingerprint density at radius 1 is 1.40 bits per heavy atom. The zero-order chi connectivity index (χ0) is 13.7. The number of ether oxygens (including phenoxy) is 2. The van der Waals surface area contributed by atoms with E-state index in [1.807, 2.05) is 12.3 Å². The van der Waals surface area contributed by atoms with Gasteiger partial charge in [0, 0.05) is 25.6 Å². The second-order valence-corrected chi connectivity index (χ2v) is 5.85. The molecule has 2 aliphatic heterocycles. The van der Waals surface area contributed by atoms with Crippen molar-refractivity contribution in [3.8, 4) is 0 Å². The lowest BCUT2D eigenvalue weighted by molar-refractivity contribution is -0.0515. The largest absolute Gasteiger partial charge is 0.377 e. The van der Waals surface area contributed by atoms with Crippen LogP contribution in [0.15, 0.2) is 24.5 Å². The molecular formula is C16H24N2O2. The number of aromatic nitrogens is 1. The molecule has 1 aromatic heterocycles. The van der Waals surface area contributed by atoms with Crippen molar-refractivity contribution in [3.63, 3.8) is 0 Å². The maximum Gasteiger partial charge on any atom is 0.0736 e. The van der Waals surface area contributed by atoms with E-state index in [0.29, 0.717) is 12.5 Å². The van der Waals surface area contributed by atoms with Crippen molar-refractivity contribution in [2.45, 2.75) is 37.9 Å². The quantitative estimate of drug-likeness (QED) is 0.837. The normalized spacial score (nSPS) is 25.1. The van der Waals surface area contributed by atoms with E-state index in [4.69, 9.17) is 9.47 Å². The first-order valence-electron chi connectivity index (χ1n) is 7.70. The summed E-state index contributed by atoms with van der Waals surface area (Å²) >= 11 is 0. The minimum Gasteiger partial charge on any atom is -0.377 e. The third kappa shape index (κ3) is 3.19. The highest BCUT2D eigenvalue weighted by molar-refractivity contribution is 5.06. The van der Waals surface area contributed by atoms with Crippen LogP contribution in [0.4, 0.5) is 0 Å². The van der Waals surface area contributed by atoms with E-state index in [2.05, 4.69) is 16.4 Å². The van der Waals surface area contributed by atoms with Crippen molar-refractivity contribution >= 4 is 0 Å². The number of rotatable bonds is 5. The van der Waals surface area contributed by atoms with Crippen molar-refractivity contribution in [3.05, 3.63) is 30.1 Å². The summed E-state index contributed by atoms with van der Waals surface area (Å²) in [5, 5.41) is 3.43. The molecule has 3 rings (SSSR count). The first-order valence-corrected chi connectivity index (χ1v) is 7.70. The zero-order valence-corrected chi connectivity index (χ0v) is 12.0. The molecule has 0 unspecified atom stereocenters. The molecule has 4 heteroatoms. The van der Waals surface area contributed by atoms with E-state index in [1.165, 1.54) is 6.42 Å². The van der Waals surface area contributed by atoms with Crippen LogP contribution in [0.3, 0.4) is 0 Å². The summed E-state index contributed by atoms with van der Waals surface area (Å²) in [6.07, 6.45) is 8.27. The Bertz CT molecular complexity index is 404. The van der Waals surface area contributed by atoms with Crippen molar-refractivity contribution in [2.75, 3.05) is 26.3 Å². The lowest BCUT2D eigenvalue weighted by Gasteiger charge is -2.38. The van der Waals surface area contributed by atoms with Gasteiger partial charge in [-0.15, -0.1) is 0 Å². The van der Waals surface area contributed by atoms with E-state index in [0.717, 1.165) is 51.1 Å². The molecule has 1 atom stereocenters. The van der Waals surface area contributed by atoms with Gasteiger partial charge in [0.25, 0.3) is 0 Å². The Kier molecular flexibility index (Phi) is 4.65. The topological polar surface area (TPSA) is 43.4 Å². The molecule has 2 fully saturated rings. The van der Waals surface area contributed by atoms with Gasteiger partial charge in [-0.05, 0) is 56.3 Å². The molecule has 0 aromatic carbocycles. The Morgan fingerprint density at radius 3 is 3.10 bits per heavy atom. The van der Waals surface area contributed by atoms with Gasteiger partial charge in [-0.3, -0.25) is 4.98 Å². The van der Waals surface area contributed by atoms with Crippen LogP contribution in [0.2, 0.25) is 0 Å². The van der Waals surface area contributed by atoms with Gasteiger partial charge in [-0.1, -0.05) is 6.07 Å². The number of nitrogens with one attached hydrogen (secondary N) is 1. The summed E-state index contributed by atoms with van der Waals surface area (Å²) in [7, 11) is 0. The minimum atomic E-state index is 0.142. The summed E-state index contributed by atoms with van der Waals surface area (Å²) in [6.45, 7) is 4.58. The molecule has 0 bridgehead atoms. The van der Waals surface area contributed by atoms with Crippen molar-refractivity contribution in [1.29, 1.82) is 0 Å². The highest BCUT2D eigenvalue weighted by Gasteiger charge is 2.44. The SMILES string of the molecule is c1cncc(COCC[C@H]2CCOC23CCNCC3)c1. The number of hydrogen-bond donors (Lipinski definition) is 1. The Labute approximate surface area is 120 Å². The Balaban J connectivity index is 1.43. The third-order valence-corrected chi connectivity index (χ3v) is 4.65. The molecule has 1 N–H and O–H groups in total. The number of piperidine rings is 1. The van der Waals surface area contributed by atoms with Gasteiger partial charge in [0.2, 0.25) is 0 Å². The number of nitrogens with zero attached hydrogens (tertiary/aromatic N) is 1. The van der Waals surface area contributed by atoms with Gasteiger partial charge in [0.1, 0.15) is 0 Å². The van der Waals surface area contributed by atoms with Crippen molar-refractivity contribution < 1.29 is 9.47 Å². The average molecular weight is 276 g/mol. The standard InChI is InChI=1S/C16H24N2O2/c1-2-14(12-18-7-1)13-19-10-3-15-4-11-20-16(15)5-8-17-9-6-16/h1-2,7,12,15,17H,3-6,8-11,13H2/t15-/m0/s1. The summed E-state index contributed by atoms with van der Waals surface area (Å²) in [6, 6.07) is 4.01. The third-order valence-electron chi connectivity index (χ3n) is 4.65. The fraction of sp³-hybridized carbons (Fsp3) is 0.688. The molecule has 20 heavy (non-hydrogen) atoms. The second-order valence-electron chi connectivity index (χ2n) is 5.85. The average Bonchev–Trinajstić information content (AvgIpc) is 2.88. The molecule has 4 nitrogen and oxygen atoms in total. The Hall–Kier alpha value is -0.970. The monoisotopic (exact) mass is 276 g/mol. The smallest absolute Gasteiger partial charge is 0.0736 e. The summed E-state index contributed by atoms with van der Waals surface area (Å²) in [5.74, 6) is 0.665. The van der Waals surface area contributed by atoms with Gasteiger partial charge in [0.15, 0.2) is 0 Å². The second kappa shape index (κ2) is 6.66. The predicted octanol–water partition coefficient (Wildman–Crippen LogP) is 2.15. The lowest BCUT2D eigenvalue weighted by atomic mass is 9.78. The van der Waals surface area contributed by atoms with Crippen LogP contribution in [0.5, 0.6) is 0 Å². The minimum absolute atomic E-state index is 0.142. The van der Waals surface area contributed by atoms with Crippen molar-refractivity contribution in [2.24, 2.45) is 5.92 Å². The van der Waals surface area contributed by atoms with E-state index in [1.54, 1.807) is 6.20 Å². The molecule has 2 saturated heterocycles. The molecule has 1 spiro atoms. The van der Waals surface area contributed by atoms with E-state index in [9.17, 15) is 0 Å². The van der Waals surface area contributed by atoms with Gasteiger partial charge < -0.3 is 14.8 Å². The Morgan fingerprint density at radius 2 is 2.30 bits per heavy atom. The molecule has 3 heterocycles. The van der Waals surface area contributed by atoms with Gasteiger partial charge >= 0.3 is 0 Å². The molecule has 0 saturated carbocycles. The van der Waals surface area contributed by atoms with Gasteiger partial charge in [0.05, 0.1) is 12.2 Å². The molecule has 0 aliphatic carbocycles. The van der Waals surface area contributed by atoms with E-state index >= 15 is 0 Å². The summed E-state index contributed by atoms with van der Waals surface area (Å²) < 4.78 is 11.9. The molecule has 110 valence electrons. The van der Waals surface area contributed by atoms with Crippen molar-refractivity contribution in [1.82, 2.24) is 10.3 Å². The molecule has 2 aliphatic rings. The van der Waals surface area contributed by atoms with Crippen LogP contribution in [-0.2, 0) is 16.1 Å². The lowest BCUT2D eigenvalue weighted by Crippen LogP contribution is -2.46. The predicted molar refractivity (Wildman–Crippen MR) is 77.4 cm³/mol. The molecular weight excluding hydrogens is 252 g/mol. The highest BCUT2D eigenvalue weighted by Crippen LogP contribution is 2.40. The molecule has 0 amide bonds. The van der Waals surface area contributed by atoms with Crippen LogP contribution >= 0.6 is 0 Å². The molecule has 1 aromatic rings. The van der Waals surface area contributed by atoms with Crippen LogP contribution in [0.25, 0.3) is 0 Å². The van der Waals surface area contributed by atoms with Gasteiger partial charge in [-0.2, -0.15) is 0 Å². The number of pyridine rings is 1. The summed E-state index contributed by atoms with van der Waals surface area (Å²) in [5.41, 5.74) is 1.29. The first kappa shape index (κ1) is 14.0. The maximum absolute atomic E-state index is 6.10. The maximum atomic E-state index is 6.10. The van der Waals surface area contributed by atoms with Crippen LogP contribution < -0.4 is 5.32 Å². The van der Waals surface area contributed by atoms with Gasteiger partial charge in [-0.25, -0.2) is 0 Å². The highest BCUT2D eigenvalue weighted by atomic mass is 16.5. The fourth-order valence-electron chi connectivity index (χ4n) is 3.49. The van der Waals surface area contributed by atoms with E-state index < -0.39 is 0 Å². The van der Waals surface area contributed by atoms with Crippen LogP contribution in [0.1, 0.15) is 31.2 Å². The zero-order valence-electron chi connectivity index (χ0n) is 12.0. The van der Waals surface area contributed by atoms with E-state index in [-0.39, 0.29) is 5.60 Å². The first-order chi connectivity index (χ1) is 9.89. The summed E-state index contributed by atoms with van der Waals surface area (Å²) in [4.78, 5) is 4.10.